The number of fused-ring (bicyclic) bond motifs is 1. The van der Waals surface area contributed by atoms with E-state index in [1.165, 1.54) is 23.1 Å². The lowest BCUT2D eigenvalue weighted by atomic mass is 9.90. The SMILES string of the molecule is NC(N)=NC(=O)N1CCc2c(F)ccc(-c3ccc(F)cc3F)c2C1. The van der Waals surface area contributed by atoms with Crippen LogP contribution in [0.1, 0.15) is 11.1 Å². The fourth-order valence-electron chi connectivity index (χ4n) is 2.94. The summed E-state index contributed by atoms with van der Waals surface area (Å²) >= 11 is 0. The highest BCUT2D eigenvalue weighted by Gasteiger charge is 2.26. The lowest BCUT2D eigenvalue weighted by Gasteiger charge is -2.29. The van der Waals surface area contributed by atoms with Crippen molar-refractivity contribution < 1.29 is 18.0 Å². The van der Waals surface area contributed by atoms with Crippen LogP contribution in [0.5, 0.6) is 0 Å². The molecule has 0 unspecified atom stereocenters. The number of hydrogen-bond donors (Lipinski definition) is 2. The Morgan fingerprint density at radius 3 is 2.40 bits per heavy atom. The van der Waals surface area contributed by atoms with E-state index in [-0.39, 0.29) is 31.0 Å². The summed E-state index contributed by atoms with van der Waals surface area (Å²) in [5.41, 5.74) is 11.8. The highest BCUT2D eigenvalue weighted by molar-refractivity contribution is 5.90. The molecule has 2 amide bonds. The van der Waals surface area contributed by atoms with Gasteiger partial charge in [-0.2, -0.15) is 4.99 Å². The summed E-state index contributed by atoms with van der Waals surface area (Å²) in [5.74, 6) is -2.28. The summed E-state index contributed by atoms with van der Waals surface area (Å²) in [6.07, 6.45) is 0.240. The van der Waals surface area contributed by atoms with Gasteiger partial charge in [0.05, 0.1) is 0 Å². The summed E-state index contributed by atoms with van der Waals surface area (Å²) in [6, 6.07) is 5.18. The van der Waals surface area contributed by atoms with E-state index in [1.54, 1.807) is 0 Å². The predicted molar refractivity (Wildman–Crippen MR) is 87.1 cm³/mol. The third-order valence-electron chi connectivity index (χ3n) is 4.07. The molecule has 0 bridgehead atoms. The lowest BCUT2D eigenvalue weighted by molar-refractivity contribution is 0.202. The number of rotatable bonds is 1. The molecule has 8 heteroatoms. The third-order valence-corrected chi connectivity index (χ3v) is 4.07. The van der Waals surface area contributed by atoms with Crippen molar-refractivity contribution in [2.24, 2.45) is 16.5 Å². The number of nitrogens with two attached hydrogens (primary N) is 2. The van der Waals surface area contributed by atoms with E-state index in [9.17, 15) is 18.0 Å². The standard InChI is InChI=1S/C17H15F3N4O/c18-9-1-2-11(15(20)7-9)10-3-4-14(19)12-5-6-24(8-13(10)12)17(25)23-16(21)22/h1-4,7H,5-6,8H2,(H4,21,22,23,25). The Morgan fingerprint density at radius 2 is 1.72 bits per heavy atom. The number of aliphatic imine (C=N–C) groups is 1. The molecule has 25 heavy (non-hydrogen) atoms. The van der Waals surface area contributed by atoms with E-state index in [0.29, 0.717) is 16.7 Å². The molecular formula is C17H15F3N4O. The molecule has 0 spiro atoms. The van der Waals surface area contributed by atoms with Gasteiger partial charge in [0, 0.05) is 24.7 Å². The maximum atomic E-state index is 14.2. The minimum atomic E-state index is -0.763. The summed E-state index contributed by atoms with van der Waals surface area (Å²) in [5, 5.41) is 0. The Balaban J connectivity index is 2.07. The molecule has 4 N–H and O–H groups in total. The van der Waals surface area contributed by atoms with Crippen molar-refractivity contribution >= 4 is 12.0 Å². The zero-order valence-electron chi connectivity index (χ0n) is 13.1. The first kappa shape index (κ1) is 16.8. The second kappa shape index (κ2) is 6.46. The normalized spacial score (nSPS) is 13.3. The van der Waals surface area contributed by atoms with Crippen LogP contribution in [0.3, 0.4) is 0 Å². The molecule has 1 aliphatic rings. The predicted octanol–water partition coefficient (Wildman–Crippen LogP) is 2.52. The molecule has 0 aromatic heterocycles. The lowest BCUT2D eigenvalue weighted by Crippen LogP contribution is -2.37. The van der Waals surface area contributed by atoms with Gasteiger partial charge in [0.25, 0.3) is 0 Å². The Kier molecular flexibility index (Phi) is 4.35. The van der Waals surface area contributed by atoms with E-state index in [1.807, 2.05) is 0 Å². The van der Waals surface area contributed by atoms with Gasteiger partial charge in [0.1, 0.15) is 17.5 Å². The number of guanidine groups is 1. The topological polar surface area (TPSA) is 84.7 Å². The highest BCUT2D eigenvalue weighted by Crippen LogP contribution is 2.34. The highest BCUT2D eigenvalue weighted by atomic mass is 19.1. The summed E-state index contributed by atoms with van der Waals surface area (Å²) in [7, 11) is 0. The first-order valence-electron chi connectivity index (χ1n) is 7.51. The summed E-state index contributed by atoms with van der Waals surface area (Å²) in [6.45, 7) is 0.254. The van der Waals surface area contributed by atoms with E-state index < -0.39 is 23.5 Å². The van der Waals surface area contributed by atoms with Gasteiger partial charge in [-0.15, -0.1) is 0 Å². The van der Waals surface area contributed by atoms with Crippen molar-refractivity contribution in [2.45, 2.75) is 13.0 Å². The van der Waals surface area contributed by atoms with Crippen LogP contribution in [0.4, 0.5) is 18.0 Å². The molecule has 3 rings (SSSR count). The second-order valence-electron chi connectivity index (χ2n) is 5.67. The molecule has 5 nitrogen and oxygen atoms in total. The molecule has 0 radical (unpaired) electrons. The average Bonchev–Trinajstić information content (AvgIpc) is 2.55. The maximum Gasteiger partial charge on any atom is 0.347 e. The minimum absolute atomic E-state index is 0.0227. The fraction of sp³-hybridized carbons (Fsp3) is 0.176. The van der Waals surface area contributed by atoms with Gasteiger partial charge in [-0.3, -0.25) is 0 Å². The molecule has 0 fully saturated rings. The van der Waals surface area contributed by atoms with Crippen LogP contribution < -0.4 is 11.5 Å². The van der Waals surface area contributed by atoms with E-state index in [2.05, 4.69) is 4.99 Å². The van der Waals surface area contributed by atoms with Crippen molar-refractivity contribution in [3.8, 4) is 11.1 Å². The van der Waals surface area contributed by atoms with Crippen molar-refractivity contribution in [3.05, 3.63) is 58.9 Å². The van der Waals surface area contributed by atoms with Crippen LogP contribution in [-0.4, -0.2) is 23.4 Å². The first-order valence-corrected chi connectivity index (χ1v) is 7.51. The number of amides is 2. The van der Waals surface area contributed by atoms with Crippen molar-refractivity contribution in [1.29, 1.82) is 0 Å². The van der Waals surface area contributed by atoms with Crippen molar-refractivity contribution in [3.63, 3.8) is 0 Å². The molecule has 0 aliphatic carbocycles. The van der Waals surface area contributed by atoms with Gasteiger partial charge in [-0.05, 0) is 41.3 Å². The molecular weight excluding hydrogens is 333 g/mol. The number of hydrogen-bond acceptors (Lipinski definition) is 1. The zero-order valence-corrected chi connectivity index (χ0v) is 13.1. The number of urea groups is 1. The first-order chi connectivity index (χ1) is 11.9. The van der Waals surface area contributed by atoms with Gasteiger partial charge in [0.2, 0.25) is 0 Å². The van der Waals surface area contributed by atoms with E-state index in [0.717, 1.165) is 12.1 Å². The van der Waals surface area contributed by atoms with Crippen LogP contribution in [0.25, 0.3) is 11.1 Å². The van der Waals surface area contributed by atoms with Gasteiger partial charge >= 0.3 is 6.03 Å². The fourth-order valence-corrected chi connectivity index (χ4v) is 2.94. The minimum Gasteiger partial charge on any atom is -0.370 e. The number of benzene rings is 2. The maximum absolute atomic E-state index is 14.2. The zero-order chi connectivity index (χ0) is 18.1. The molecule has 1 aliphatic heterocycles. The summed E-state index contributed by atoms with van der Waals surface area (Å²) in [4.78, 5) is 16.8. The third kappa shape index (κ3) is 3.28. The second-order valence-corrected chi connectivity index (χ2v) is 5.67. The van der Waals surface area contributed by atoms with Gasteiger partial charge < -0.3 is 16.4 Å². The molecule has 1 heterocycles. The Hall–Kier alpha value is -3.03. The molecule has 0 saturated carbocycles. The molecule has 130 valence electrons. The van der Waals surface area contributed by atoms with E-state index >= 15 is 0 Å². The van der Waals surface area contributed by atoms with Crippen LogP contribution in [0, 0.1) is 17.5 Å². The number of carbonyl (C=O) groups excluding carboxylic acids is 1. The van der Waals surface area contributed by atoms with Crippen LogP contribution in [-0.2, 0) is 13.0 Å². The number of nitrogens with zero attached hydrogens (tertiary/aromatic N) is 2. The molecule has 0 atom stereocenters. The molecule has 0 saturated heterocycles. The Bertz CT molecular complexity index is 878. The Labute approximate surface area is 141 Å². The van der Waals surface area contributed by atoms with Crippen molar-refractivity contribution in [2.75, 3.05) is 6.54 Å². The van der Waals surface area contributed by atoms with Crippen LogP contribution >= 0.6 is 0 Å². The Morgan fingerprint density at radius 1 is 1.00 bits per heavy atom. The number of halogens is 3. The molecule has 2 aromatic rings. The van der Waals surface area contributed by atoms with Crippen molar-refractivity contribution in [1.82, 2.24) is 4.90 Å². The van der Waals surface area contributed by atoms with Crippen LogP contribution in [0.2, 0.25) is 0 Å². The van der Waals surface area contributed by atoms with Gasteiger partial charge in [-0.25, -0.2) is 18.0 Å². The average molecular weight is 348 g/mol. The molecule has 2 aromatic carbocycles. The largest absolute Gasteiger partial charge is 0.370 e. The monoisotopic (exact) mass is 348 g/mol. The van der Waals surface area contributed by atoms with E-state index in [4.69, 9.17) is 11.5 Å². The quantitative estimate of drug-likeness (QED) is 0.613. The van der Waals surface area contributed by atoms with Crippen LogP contribution in [0.15, 0.2) is 35.3 Å². The smallest absolute Gasteiger partial charge is 0.347 e. The van der Waals surface area contributed by atoms with Gasteiger partial charge in [0.15, 0.2) is 5.96 Å². The van der Waals surface area contributed by atoms with Gasteiger partial charge in [-0.1, -0.05) is 6.07 Å². The summed E-state index contributed by atoms with van der Waals surface area (Å²) < 4.78 is 41.5. The number of carbonyl (C=O) groups is 1.